The zero-order valence-corrected chi connectivity index (χ0v) is 12.5. The van der Waals surface area contributed by atoms with Crippen molar-refractivity contribution in [2.45, 2.75) is 40.0 Å². The molecule has 20 heavy (non-hydrogen) atoms. The van der Waals surface area contributed by atoms with E-state index in [1.165, 1.54) is 12.2 Å². The lowest BCUT2D eigenvalue weighted by atomic mass is 9.66. The van der Waals surface area contributed by atoms with Crippen LogP contribution in [0.5, 0.6) is 0 Å². The van der Waals surface area contributed by atoms with Crippen LogP contribution in [0.25, 0.3) is 0 Å². The molecule has 1 aliphatic carbocycles. The van der Waals surface area contributed by atoms with Crippen LogP contribution in [-0.4, -0.2) is 11.6 Å². The summed E-state index contributed by atoms with van der Waals surface area (Å²) in [5.41, 5.74) is 0.275. The van der Waals surface area contributed by atoms with Gasteiger partial charge < -0.3 is 0 Å². The molecular formula is C18H22O2. The molecule has 0 heterocycles. The molecule has 0 radical (unpaired) electrons. The molecule has 0 bridgehead atoms. The van der Waals surface area contributed by atoms with E-state index in [4.69, 9.17) is 0 Å². The number of rotatable bonds is 4. The third-order valence-electron chi connectivity index (χ3n) is 4.96. The van der Waals surface area contributed by atoms with Gasteiger partial charge >= 0.3 is 0 Å². The van der Waals surface area contributed by atoms with Gasteiger partial charge in [0.1, 0.15) is 0 Å². The van der Waals surface area contributed by atoms with Crippen molar-refractivity contribution in [3.8, 4) is 0 Å². The van der Waals surface area contributed by atoms with E-state index in [0.29, 0.717) is 5.56 Å². The second kappa shape index (κ2) is 5.35. The van der Waals surface area contributed by atoms with Crippen LogP contribution in [0, 0.1) is 10.8 Å². The summed E-state index contributed by atoms with van der Waals surface area (Å²) >= 11 is 0. The predicted octanol–water partition coefficient (Wildman–Crippen LogP) is 4.21. The van der Waals surface area contributed by atoms with Crippen LogP contribution in [0.4, 0.5) is 0 Å². The first kappa shape index (κ1) is 14.7. The summed E-state index contributed by atoms with van der Waals surface area (Å²) in [6, 6.07) is 9.04. The van der Waals surface area contributed by atoms with Gasteiger partial charge in [-0.25, -0.2) is 0 Å². The predicted molar refractivity (Wildman–Crippen MR) is 80.7 cm³/mol. The Kier molecular flexibility index (Phi) is 3.94. The second-order valence-corrected chi connectivity index (χ2v) is 6.50. The van der Waals surface area contributed by atoms with Crippen molar-refractivity contribution < 1.29 is 9.59 Å². The summed E-state index contributed by atoms with van der Waals surface area (Å²) in [6.07, 6.45) is 5.94. The standard InChI is InChI=1S/C18H22O2/c1-17(2)12-7-13-18(17,3)16(20)11-10-15(19)14-8-5-4-6-9-14/h4-6,8-11H,7,12-13H2,1-3H3/b11-10+. The molecule has 1 aliphatic rings. The van der Waals surface area contributed by atoms with E-state index in [1.54, 1.807) is 12.1 Å². The Morgan fingerprint density at radius 1 is 1.00 bits per heavy atom. The maximum atomic E-state index is 12.5. The van der Waals surface area contributed by atoms with Gasteiger partial charge in [0.2, 0.25) is 0 Å². The largest absolute Gasteiger partial charge is 0.294 e. The summed E-state index contributed by atoms with van der Waals surface area (Å²) in [7, 11) is 0. The van der Waals surface area contributed by atoms with Crippen LogP contribution in [0.2, 0.25) is 0 Å². The van der Waals surface area contributed by atoms with Gasteiger partial charge in [0.25, 0.3) is 0 Å². The zero-order chi connectivity index (χ0) is 14.8. The molecule has 1 fully saturated rings. The molecule has 0 spiro atoms. The lowest BCUT2D eigenvalue weighted by Crippen LogP contribution is -2.36. The van der Waals surface area contributed by atoms with Crippen LogP contribution in [0.15, 0.2) is 42.5 Å². The van der Waals surface area contributed by atoms with E-state index < -0.39 is 0 Å². The Hall–Kier alpha value is -1.70. The molecule has 2 heteroatoms. The van der Waals surface area contributed by atoms with Crippen molar-refractivity contribution in [3.05, 3.63) is 48.0 Å². The smallest absolute Gasteiger partial charge is 0.185 e. The lowest BCUT2D eigenvalue weighted by Gasteiger charge is -2.36. The Morgan fingerprint density at radius 2 is 1.65 bits per heavy atom. The monoisotopic (exact) mass is 270 g/mol. The minimum atomic E-state index is -0.347. The van der Waals surface area contributed by atoms with Gasteiger partial charge in [0, 0.05) is 11.0 Å². The van der Waals surface area contributed by atoms with Gasteiger partial charge in [-0.3, -0.25) is 9.59 Å². The fraction of sp³-hybridized carbons (Fsp3) is 0.444. The quantitative estimate of drug-likeness (QED) is 0.606. The molecule has 0 aromatic heterocycles. The lowest BCUT2D eigenvalue weighted by molar-refractivity contribution is -0.127. The summed E-state index contributed by atoms with van der Waals surface area (Å²) in [5, 5.41) is 0. The minimum absolute atomic E-state index is 0.00418. The molecule has 0 aliphatic heterocycles. The molecular weight excluding hydrogens is 248 g/mol. The first-order valence-electron chi connectivity index (χ1n) is 7.19. The second-order valence-electron chi connectivity index (χ2n) is 6.50. The van der Waals surface area contributed by atoms with Gasteiger partial charge in [0.05, 0.1) is 0 Å². The SMILES string of the molecule is CC1(C)CCCC1(C)C(=O)/C=C/C(=O)c1ccccc1. The molecule has 0 saturated heterocycles. The number of hydrogen-bond donors (Lipinski definition) is 0. The molecule has 0 amide bonds. The Morgan fingerprint density at radius 3 is 2.20 bits per heavy atom. The number of benzene rings is 1. The molecule has 1 unspecified atom stereocenters. The van der Waals surface area contributed by atoms with Crippen LogP contribution >= 0.6 is 0 Å². The first-order valence-corrected chi connectivity index (χ1v) is 7.19. The van der Waals surface area contributed by atoms with Crippen molar-refractivity contribution in [1.82, 2.24) is 0 Å². The highest BCUT2D eigenvalue weighted by atomic mass is 16.1. The summed E-state index contributed by atoms with van der Waals surface area (Å²) in [4.78, 5) is 24.5. The number of carbonyl (C=O) groups excluding carboxylic acids is 2. The highest BCUT2D eigenvalue weighted by Crippen LogP contribution is 2.52. The highest BCUT2D eigenvalue weighted by Gasteiger charge is 2.49. The topological polar surface area (TPSA) is 34.1 Å². The van der Waals surface area contributed by atoms with E-state index in [-0.39, 0.29) is 22.4 Å². The number of carbonyl (C=O) groups is 2. The van der Waals surface area contributed by atoms with Gasteiger partial charge in [0.15, 0.2) is 11.6 Å². The zero-order valence-electron chi connectivity index (χ0n) is 12.5. The van der Waals surface area contributed by atoms with Gasteiger partial charge in [-0.1, -0.05) is 57.5 Å². The summed E-state index contributed by atoms with van der Waals surface area (Å²) in [5.74, 6) is -0.0392. The van der Waals surface area contributed by atoms with Crippen molar-refractivity contribution in [3.63, 3.8) is 0 Å². The van der Waals surface area contributed by atoms with Crippen molar-refractivity contribution in [2.24, 2.45) is 10.8 Å². The number of hydrogen-bond acceptors (Lipinski definition) is 2. The molecule has 2 rings (SSSR count). The van der Waals surface area contributed by atoms with Crippen LogP contribution < -0.4 is 0 Å². The van der Waals surface area contributed by atoms with Crippen LogP contribution in [-0.2, 0) is 4.79 Å². The maximum absolute atomic E-state index is 12.5. The Bertz CT molecular complexity index is 540. The summed E-state index contributed by atoms with van der Waals surface area (Å²) in [6.45, 7) is 6.31. The van der Waals surface area contributed by atoms with Crippen LogP contribution in [0.1, 0.15) is 50.4 Å². The van der Waals surface area contributed by atoms with E-state index in [9.17, 15) is 9.59 Å². The van der Waals surface area contributed by atoms with Gasteiger partial charge in [-0.2, -0.15) is 0 Å². The maximum Gasteiger partial charge on any atom is 0.185 e. The van der Waals surface area contributed by atoms with E-state index in [1.807, 2.05) is 25.1 Å². The first-order chi connectivity index (χ1) is 9.37. The molecule has 1 atom stereocenters. The Labute approximate surface area is 120 Å². The van der Waals surface area contributed by atoms with Crippen molar-refractivity contribution >= 4 is 11.6 Å². The fourth-order valence-electron chi connectivity index (χ4n) is 2.99. The Balaban J connectivity index is 2.12. The highest BCUT2D eigenvalue weighted by molar-refractivity contribution is 6.08. The number of allylic oxidation sites excluding steroid dienone is 2. The van der Waals surface area contributed by atoms with Crippen LogP contribution in [0.3, 0.4) is 0 Å². The third-order valence-corrected chi connectivity index (χ3v) is 4.96. The van der Waals surface area contributed by atoms with Crippen molar-refractivity contribution in [2.75, 3.05) is 0 Å². The third kappa shape index (κ3) is 2.60. The van der Waals surface area contributed by atoms with E-state index in [2.05, 4.69) is 13.8 Å². The fourth-order valence-corrected chi connectivity index (χ4v) is 2.99. The average molecular weight is 270 g/mol. The molecule has 1 saturated carbocycles. The molecule has 106 valence electrons. The van der Waals surface area contributed by atoms with Gasteiger partial charge in [-0.05, 0) is 30.4 Å². The summed E-state index contributed by atoms with van der Waals surface area (Å²) < 4.78 is 0. The number of ketones is 2. The van der Waals surface area contributed by atoms with E-state index in [0.717, 1.165) is 19.3 Å². The average Bonchev–Trinajstić information content (AvgIpc) is 2.71. The normalized spacial score (nSPS) is 24.9. The van der Waals surface area contributed by atoms with Gasteiger partial charge in [-0.15, -0.1) is 0 Å². The minimum Gasteiger partial charge on any atom is -0.294 e. The molecule has 1 aromatic carbocycles. The molecule has 1 aromatic rings. The molecule has 2 nitrogen and oxygen atoms in total. The molecule has 0 N–H and O–H groups in total. The van der Waals surface area contributed by atoms with E-state index >= 15 is 0 Å². The van der Waals surface area contributed by atoms with Crippen molar-refractivity contribution in [1.29, 1.82) is 0 Å².